The fourth-order valence-electron chi connectivity index (χ4n) is 12.0. The van der Waals surface area contributed by atoms with Gasteiger partial charge in [-0.1, -0.05) is 60.1 Å². The number of hydrogen-bond acceptors (Lipinski definition) is 9. The Hall–Kier alpha value is -0.620. The van der Waals surface area contributed by atoms with Crippen molar-refractivity contribution in [3.63, 3.8) is 0 Å². The van der Waals surface area contributed by atoms with Crippen molar-refractivity contribution < 1.29 is 45.2 Å². The average molecular weight is 623 g/mol. The molecule has 9 nitrogen and oxygen atoms in total. The molecule has 1 saturated heterocycles. The van der Waals surface area contributed by atoms with E-state index in [1.807, 2.05) is 13.8 Å². The number of ether oxygens (including phenoxy) is 2. The van der Waals surface area contributed by atoms with Crippen LogP contribution in [-0.4, -0.2) is 98.0 Å². The Morgan fingerprint density at radius 1 is 0.795 bits per heavy atom. The molecule has 5 fully saturated rings. The Morgan fingerprint density at radius 2 is 1.48 bits per heavy atom. The summed E-state index contributed by atoms with van der Waals surface area (Å²) < 4.78 is 11.6. The van der Waals surface area contributed by atoms with E-state index in [2.05, 4.69) is 40.7 Å². The first-order chi connectivity index (χ1) is 20.3. The van der Waals surface area contributed by atoms with E-state index in [9.17, 15) is 35.7 Å². The van der Waals surface area contributed by atoms with Gasteiger partial charge in [0.2, 0.25) is 0 Å². The van der Waals surface area contributed by atoms with Gasteiger partial charge in [0.15, 0.2) is 6.29 Å². The summed E-state index contributed by atoms with van der Waals surface area (Å²) in [6.07, 6.45) is -1.15. The zero-order chi connectivity index (χ0) is 32.4. The van der Waals surface area contributed by atoms with E-state index in [-0.39, 0.29) is 46.9 Å². The Bertz CT molecular complexity index is 1160. The molecule has 0 aromatic rings. The first kappa shape index (κ1) is 33.3. The maximum Gasteiger partial charge on any atom is 0.186 e. The quantitative estimate of drug-likeness (QED) is 0.235. The van der Waals surface area contributed by atoms with Crippen LogP contribution in [0.4, 0.5) is 0 Å². The lowest BCUT2D eigenvalue weighted by Gasteiger charge is -2.72. The molecule has 7 N–H and O–H groups in total. The van der Waals surface area contributed by atoms with E-state index < -0.39 is 53.7 Å². The summed E-state index contributed by atoms with van der Waals surface area (Å²) in [5.74, 6) is 0.475. The van der Waals surface area contributed by atoms with Crippen molar-refractivity contribution in [2.24, 2.45) is 50.2 Å². The van der Waals surface area contributed by atoms with Gasteiger partial charge in [-0.2, -0.15) is 0 Å². The lowest BCUT2D eigenvalue weighted by molar-refractivity contribution is -0.306. The highest BCUT2D eigenvalue weighted by Crippen LogP contribution is 2.75. The first-order valence-electron chi connectivity index (χ1n) is 17.0. The van der Waals surface area contributed by atoms with Crippen LogP contribution in [-0.2, 0) is 9.47 Å². The van der Waals surface area contributed by atoms with Gasteiger partial charge in [0.05, 0.1) is 43.0 Å². The van der Waals surface area contributed by atoms with Gasteiger partial charge >= 0.3 is 0 Å². The first-order valence-corrected chi connectivity index (χ1v) is 17.0. The van der Waals surface area contributed by atoms with Crippen molar-refractivity contribution in [1.82, 2.24) is 0 Å². The van der Waals surface area contributed by atoms with Gasteiger partial charge in [-0.05, 0) is 89.8 Å². The van der Waals surface area contributed by atoms with Gasteiger partial charge in [-0.15, -0.1) is 0 Å². The van der Waals surface area contributed by atoms with Crippen molar-refractivity contribution in [2.75, 3.05) is 13.2 Å². The van der Waals surface area contributed by atoms with Gasteiger partial charge in [0.1, 0.15) is 18.3 Å². The number of fused-ring (bicyclic) bond motifs is 7. The summed E-state index contributed by atoms with van der Waals surface area (Å²) in [6, 6.07) is 0. The highest BCUT2D eigenvalue weighted by atomic mass is 16.7. The molecule has 4 saturated carbocycles. The fraction of sp³-hybridized carbons (Fsp3) is 0.943. The second-order valence-corrected chi connectivity index (χ2v) is 17.7. The molecule has 252 valence electrons. The average Bonchev–Trinajstić information content (AvgIpc) is 2.94. The van der Waals surface area contributed by atoms with E-state index in [0.717, 1.165) is 32.1 Å². The molecule has 9 heteroatoms. The summed E-state index contributed by atoms with van der Waals surface area (Å²) in [5, 5.41) is 77.5. The monoisotopic (exact) mass is 622 g/mol. The molecular formula is C35H58O9. The predicted molar refractivity (Wildman–Crippen MR) is 163 cm³/mol. The molecule has 0 radical (unpaired) electrons. The maximum absolute atomic E-state index is 12.3. The molecule has 0 unspecified atom stereocenters. The standard InChI is InChI=1S/C35H58O9/c1-30(2)14-19-18-8-9-22-32(5)12-11-23(37)31(3,4)21(32)10-13-33(22,6)34(18,7)15-24(38)35(19,28(42)27(30)41)17-44-29-26(40)25(39)20(36)16-43-29/h8,19-29,36-42H,9-17H2,1-7H3/t19-,20+,21-,22+,23-,24+,25-,26+,27+,28-,29-,32-,33+,34+,35-/m0/s1. The Kier molecular flexibility index (Phi) is 7.90. The largest absolute Gasteiger partial charge is 0.393 e. The molecule has 0 bridgehead atoms. The van der Waals surface area contributed by atoms with Crippen LogP contribution < -0.4 is 0 Å². The normalized spacial score (nSPS) is 56.4. The van der Waals surface area contributed by atoms with Gasteiger partial charge < -0.3 is 45.2 Å². The summed E-state index contributed by atoms with van der Waals surface area (Å²) in [7, 11) is 0. The van der Waals surface area contributed by atoms with Crippen LogP contribution in [0.5, 0.6) is 0 Å². The van der Waals surface area contributed by atoms with E-state index >= 15 is 0 Å². The van der Waals surface area contributed by atoms with Crippen molar-refractivity contribution in [3.8, 4) is 0 Å². The summed E-state index contributed by atoms with van der Waals surface area (Å²) in [6.45, 7) is 15.2. The topological polar surface area (TPSA) is 160 Å². The number of rotatable bonds is 3. The molecule has 6 aliphatic rings. The SMILES string of the molecule is CC1(C)C[C@H]2C3=CC[C@@H]4[C@@]5(C)CC[C@H](O)C(C)(C)[C@@H]5CC[C@@]4(C)[C@]3(C)C[C@@H](O)[C@@]2(CO[C@@H]2OC[C@@H](O)[C@H](O)[C@H]2O)[C@@H](O)[C@H]1O. The zero-order valence-corrected chi connectivity index (χ0v) is 27.7. The zero-order valence-electron chi connectivity index (χ0n) is 27.7. The molecule has 5 aliphatic carbocycles. The number of aliphatic hydroxyl groups is 7. The lowest BCUT2D eigenvalue weighted by atomic mass is 9.33. The van der Waals surface area contributed by atoms with Crippen LogP contribution in [0.2, 0.25) is 0 Å². The van der Waals surface area contributed by atoms with Gasteiger partial charge in [0, 0.05) is 0 Å². The van der Waals surface area contributed by atoms with Crippen molar-refractivity contribution >= 4 is 0 Å². The molecule has 1 heterocycles. The second kappa shape index (κ2) is 10.4. The molecule has 44 heavy (non-hydrogen) atoms. The minimum absolute atomic E-state index is 0.0464. The molecule has 1 aliphatic heterocycles. The third-order valence-electron chi connectivity index (χ3n) is 15.1. The lowest BCUT2D eigenvalue weighted by Crippen LogP contribution is -2.72. The summed E-state index contributed by atoms with van der Waals surface area (Å²) >= 11 is 0. The number of allylic oxidation sites excluding steroid dienone is 2. The van der Waals surface area contributed by atoms with Gasteiger partial charge in [-0.3, -0.25) is 0 Å². The highest BCUT2D eigenvalue weighted by molar-refractivity contribution is 5.36. The molecule has 0 amide bonds. The molecular weight excluding hydrogens is 564 g/mol. The fourth-order valence-corrected chi connectivity index (χ4v) is 12.0. The smallest absolute Gasteiger partial charge is 0.186 e. The van der Waals surface area contributed by atoms with Crippen LogP contribution >= 0.6 is 0 Å². The third-order valence-corrected chi connectivity index (χ3v) is 15.1. The van der Waals surface area contributed by atoms with E-state index in [1.165, 1.54) is 5.57 Å². The molecule has 15 atom stereocenters. The Labute approximate surface area is 262 Å². The molecule has 0 spiro atoms. The summed E-state index contributed by atoms with van der Waals surface area (Å²) in [4.78, 5) is 0. The third kappa shape index (κ3) is 4.22. The minimum Gasteiger partial charge on any atom is -0.393 e. The van der Waals surface area contributed by atoms with Gasteiger partial charge in [0.25, 0.3) is 0 Å². The van der Waals surface area contributed by atoms with E-state index in [0.29, 0.717) is 24.7 Å². The Morgan fingerprint density at radius 3 is 2.16 bits per heavy atom. The summed E-state index contributed by atoms with van der Waals surface area (Å²) in [5.41, 5.74) is -1.27. The molecule has 0 aromatic carbocycles. The number of hydrogen-bond donors (Lipinski definition) is 7. The van der Waals surface area contributed by atoms with Crippen LogP contribution in [0.1, 0.15) is 93.4 Å². The highest BCUT2D eigenvalue weighted by Gasteiger charge is 2.72. The molecule has 6 rings (SSSR count). The van der Waals surface area contributed by atoms with Gasteiger partial charge in [-0.25, -0.2) is 0 Å². The van der Waals surface area contributed by atoms with Crippen molar-refractivity contribution in [2.45, 2.75) is 142 Å². The van der Waals surface area contributed by atoms with Crippen LogP contribution in [0, 0.1) is 50.2 Å². The molecule has 0 aromatic heterocycles. The van der Waals surface area contributed by atoms with Crippen molar-refractivity contribution in [3.05, 3.63) is 11.6 Å². The van der Waals surface area contributed by atoms with Crippen LogP contribution in [0.25, 0.3) is 0 Å². The second-order valence-electron chi connectivity index (χ2n) is 17.7. The Balaban J connectivity index is 1.40. The van der Waals surface area contributed by atoms with E-state index in [1.54, 1.807) is 0 Å². The maximum atomic E-state index is 12.3. The van der Waals surface area contributed by atoms with Crippen LogP contribution in [0.15, 0.2) is 11.6 Å². The minimum atomic E-state index is -1.50. The van der Waals surface area contributed by atoms with Crippen LogP contribution in [0.3, 0.4) is 0 Å². The number of aliphatic hydroxyl groups excluding tert-OH is 7. The van der Waals surface area contributed by atoms with E-state index in [4.69, 9.17) is 9.47 Å². The van der Waals surface area contributed by atoms with Crippen molar-refractivity contribution in [1.29, 1.82) is 0 Å². The predicted octanol–water partition coefficient (Wildman–Crippen LogP) is 2.52.